The molecular weight excluding hydrogens is 291 g/mol. The van der Waals surface area contributed by atoms with Gasteiger partial charge in [-0.25, -0.2) is 4.39 Å². The molecule has 0 spiro atoms. The number of carbonyl (C=O) groups is 1. The van der Waals surface area contributed by atoms with E-state index in [0.29, 0.717) is 12.2 Å². The van der Waals surface area contributed by atoms with Gasteiger partial charge in [0.2, 0.25) is 5.91 Å². The van der Waals surface area contributed by atoms with E-state index in [1.165, 1.54) is 23.3 Å². The Balaban J connectivity index is 1.73. The molecule has 1 heterocycles. The standard InChI is InChI=1S/C19H21FN2O/c1-14-5-3-6-16(11-14)13-21-9-10-22(19(23)15(21)2)18-8-4-7-17(20)12-18/h3-8,11-12,15H,9-10,13H2,1-2H3. The molecule has 0 N–H and O–H groups in total. The molecule has 1 unspecified atom stereocenters. The molecule has 0 aromatic heterocycles. The smallest absolute Gasteiger partial charge is 0.244 e. The average molecular weight is 312 g/mol. The summed E-state index contributed by atoms with van der Waals surface area (Å²) in [5, 5.41) is 0. The van der Waals surface area contributed by atoms with Crippen LogP contribution in [0.2, 0.25) is 0 Å². The van der Waals surface area contributed by atoms with Crippen molar-refractivity contribution in [3.8, 4) is 0 Å². The molecule has 2 aromatic rings. The third-order valence-electron chi connectivity index (χ3n) is 4.37. The summed E-state index contributed by atoms with van der Waals surface area (Å²) < 4.78 is 13.4. The number of piperazine rings is 1. The van der Waals surface area contributed by atoms with Crippen molar-refractivity contribution in [2.75, 3.05) is 18.0 Å². The molecule has 2 aromatic carbocycles. The third kappa shape index (κ3) is 3.42. The van der Waals surface area contributed by atoms with Crippen molar-refractivity contribution < 1.29 is 9.18 Å². The van der Waals surface area contributed by atoms with Crippen molar-refractivity contribution in [2.45, 2.75) is 26.4 Å². The molecule has 1 amide bonds. The van der Waals surface area contributed by atoms with Crippen LogP contribution in [0.25, 0.3) is 0 Å². The van der Waals surface area contributed by atoms with Crippen LogP contribution < -0.4 is 4.90 Å². The van der Waals surface area contributed by atoms with Gasteiger partial charge in [0.25, 0.3) is 0 Å². The summed E-state index contributed by atoms with van der Waals surface area (Å²) in [5.74, 6) is -0.292. The number of rotatable bonds is 3. The largest absolute Gasteiger partial charge is 0.310 e. The van der Waals surface area contributed by atoms with Crippen LogP contribution in [0.1, 0.15) is 18.1 Å². The van der Waals surface area contributed by atoms with E-state index in [1.807, 2.05) is 13.0 Å². The first-order valence-electron chi connectivity index (χ1n) is 7.91. The highest BCUT2D eigenvalue weighted by Gasteiger charge is 2.32. The maximum Gasteiger partial charge on any atom is 0.244 e. The quantitative estimate of drug-likeness (QED) is 0.867. The first-order valence-corrected chi connectivity index (χ1v) is 7.91. The fourth-order valence-corrected chi connectivity index (χ4v) is 3.08. The number of hydrogen-bond acceptors (Lipinski definition) is 2. The molecule has 0 bridgehead atoms. The summed E-state index contributed by atoms with van der Waals surface area (Å²) in [7, 11) is 0. The van der Waals surface area contributed by atoms with Gasteiger partial charge in [-0.3, -0.25) is 9.69 Å². The Bertz CT molecular complexity index is 716. The summed E-state index contributed by atoms with van der Waals surface area (Å²) >= 11 is 0. The minimum atomic E-state index is -0.315. The van der Waals surface area contributed by atoms with Crippen LogP contribution in [0.3, 0.4) is 0 Å². The number of nitrogens with zero attached hydrogens (tertiary/aromatic N) is 2. The van der Waals surface area contributed by atoms with Crippen LogP contribution in [0, 0.1) is 12.7 Å². The van der Waals surface area contributed by atoms with Gasteiger partial charge in [0.05, 0.1) is 6.04 Å². The van der Waals surface area contributed by atoms with Crippen LogP contribution >= 0.6 is 0 Å². The molecule has 23 heavy (non-hydrogen) atoms. The van der Waals surface area contributed by atoms with Gasteiger partial charge in [-0.2, -0.15) is 0 Å². The Labute approximate surface area is 136 Å². The second-order valence-electron chi connectivity index (χ2n) is 6.11. The van der Waals surface area contributed by atoms with Crippen molar-refractivity contribution in [3.63, 3.8) is 0 Å². The van der Waals surface area contributed by atoms with Crippen molar-refractivity contribution in [1.29, 1.82) is 0 Å². The zero-order valence-electron chi connectivity index (χ0n) is 13.5. The fraction of sp³-hybridized carbons (Fsp3) is 0.316. The Morgan fingerprint density at radius 2 is 1.91 bits per heavy atom. The molecule has 0 aliphatic carbocycles. The van der Waals surface area contributed by atoms with E-state index < -0.39 is 0 Å². The minimum absolute atomic E-state index is 0.0227. The van der Waals surface area contributed by atoms with Crippen molar-refractivity contribution in [1.82, 2.24) is 4.90 Å². The summed E-state index contributed by atoms with van der Waals surface area (Å²) in [5.41, 5.74) is 3.07. The normalized spacial score (nSPS) is 19.2. The average Bonchev–Trinajstić information content (AvgIpc) is 2.52. The van der Waals surface area contributed by atoms with Gasteiger partial charge >= 0.3 is 0 Å². The fourth-order valence-electron chi connectivity index (χ4n) is 3.08. The van der Waals surface area contributed by atoms with Gasteiger partial charge in [-0.05, 0) is 37.6 Å². The van der Waals surface area contributed by atoms with Gasteiger partial charge in [-0.15, -0.1) is 0 Å². The van der Waals surface area contributed by atoms with E-state index >= 15 is 0 Å². The molecular formula is C19H21FN2O. The van der Waals surface area contributed by atoms with Crippen molar-refractivity contribution >= 4 is 11.6 Å². The third-order valence-corrected chi connectivity index (χ3v) is 4.37. The first kappa shape index (κ1) is 15.7. The Kier molecular flexibility index (Phi) is 4.44. The van der Waals surface area contributed by atoms with Crippen molar-refractivity contribution in [2.24, 2.45) is 0 Å². The lowest BCUT2D eigenvalue weighted by Crippen LogP contribution is -2.55. The Hall–Kier alpha value is -2.20. The molecule has 0 radical (unpaired) electrons. The van der Waals surface area contributed by atoms with Crippen LogP contribution in [-0.4, -0.2) is 29.9 Å². The van der Waals surface area contributed by atoms with E-state index in [2.05, 4.69) is 30.0 Å². The van der Waals surface area contributed by atoms with Gasteiger partial charge in [0.1, 0.15) is 5.82 Å². The van der Waals surface area contributed by atoms with Gasteiger partial charge in [-0.1, -0.05) is 35.9 Å². The lowest BCUT2D eigenvalue weighted by atomic mass is 10.1. The Morgan fingerprint density at radius 1 is 1.13 bits per heavy atom. The number of aryl methyl sites for hydroxylation is 1. The highest BCUT2D eigenvalue weighted by atomic mass is 19.1. The Morgan fingerprint density at radius 3 is 2.65 bits per heavy atom. The van der Waals surface area contributed by atoms with Gasteiger partial charge in [0.15, 0.2) is 0 Å². The van der Waals surface area contributed by atoms with Crippen LogP contribution in [-0.2, 0) is 11.3 Å². The van der Waals surface area contributed by atoms with E-state index in [9.17, 15) is 9.18 Å². The SMILES string of the molecule is Cc1cccc(CN2CCN(c3cccc(F)c3)C(=O)C2C)c1. The second kappa shape index (κ2) is 6.50. The maximum absolute atomic E-state index is 13.4. The highest BCUT2D eigenvalue weighted by molar-refractivity contribution is 5.97. The monoisotopic (exact) mass is 312 g/mol. The molecule has 1 aliphatic rings. The molecule has 1 aliphatic heterocycles. The van der Waals surface area contributed by atoms with Crippen LogP contribution in [0.15, 0.2) is 48.5 Å². The number of amides is 1. The van der Waals surface area contributed by atoms with E-state index in [1.54, 1.807) is 17.0 Å². The second-order valence-corrected chi connectivity index (χ2v) is 6.11. The predicted molar refractivity (Wildman–Crippen MR) is 89.8 cm³/mol. The zero-order valence-corrected chi connectivity index (χ0v) is 13.5. The summed E-state index contributed by atoms with van der Waals surface area (Å²) in [6.45, 7) is 6.10. The molecule has 3 rings (SSSR count). The number of carbonyl (C=O) groups excluding carboxylic acids is 1. The highest BCUT2D eigenvalue weighted by Crippen LogP contribution is 2.22. The lowest BCUT2D eigenvalue weighted by Gasteiger charge is -2.39. The van der Waals surface area contributed by atoms with E-state index in [4.69, 9.17) is 0 Å². The van der Waals surface area contributed by atoms with Crippen LogP contribution in [0.4, 0.5) is 10.1 Å². The molecule has 120 valence electrons. The summed E-state index contributed by atoms with van der Waals surface area (Å²) in [6, 6.07) is 14.4. The topological polar surface area (TPSA) is 23.6 Å². The maximum atomic E-state index is 13.4. The molecule has 0 saturated carbocycles. The molecule has 4 heteroatoms. The summed E-state index contributed by atoms with van der Waals surface area (Å²) in [6.07, 6.45) is 0. The van der Waals surface area contributed by atoms with Crippen LogP contribution in [0.5, 0.6) is 0 Å². The number of anilines is 1. The zero-order chi connectivity index (χ0) is 16.4. The van der Waals surface area contributed by atoms with Gasteiger partial charge < -0.3 is 4.90 Å². The minimum Gasteiger partial charge on any atom is -0.310 e. The predicted octanol–water partition coefficient (Wildman–Crippen LogP) is 3.37. The van der Waals surface area contributed by atoms with Crippen molar-refractivity contribution in [3.05, 3.63) is 65.5 Å². The molecule has 1 fully saturated rings. The summed E-state index contributed by atoms with van der Waals surface area (Å²) in [4.78, 5) is 16.5. The number of hydrogen-bond donors (Lipinski definition) is 0. The molecule has 3 nitrogen and oxygen atoms in total. The molecule has 1 atom stereocenters. The van der Waals surface area contributed by atoms with E-state index in [0.717, 1.165) is 13.1 Å². The lowest BCUT2D eigenvalue weighted by molar-refractivity contribution is -0.125. The molecule has 1 saturated heterocycles. The van der Waals surface area contributed by atoms with Gasteiger partial charge in [0, 0.05) is 25.3 Å². The number of halogens is 1. The first-order chi connectivity index (χ1) is 11.0. The number of benzene rings is 2. The van der Waals surface area contributed by atoms with E-state index in [-0.39, 0.29) is 17.8 Å².